The highest BCUT2D eigenvalue weighted by Gasteiger charge is 2.09. The zero-order chi connectivity index (χ0) is 20.8. The van der Waals surface area contributed by atoms with Gasteiger partial charge in [-0.1, -0.05) is 24.3 Å². The maximum atomic E-state index is 12.3. The highest BCUT2D eigenvalue weighted by atomic mass is 32.1. The second kappa shape index (κ2) is 9.19. The van der Waals surface area contributed by atoms with Gasteiger partial charge in [-0.2, -0.15) is 0 Å². The summed E-state index contributed by atoms with van der Waals surface area (Å²) in [5, 5.41) is 5.93. The van der Waals surface area contributed by atoms with Crippen LogP contribution >= 0.6 is 11.3 Å². The van der Waals surface area contributed by atoms with E-state index in [1.165, 1.54) is 11.3 Å². The fourth-order valence-corrected chi connectivity index (χ4v) is 3.53. The molecule has 0 saturated heterocycles. The molecule has 7 heteroatoms. The number of aromatic nitrogens is 2. The van der Waals surface area contributed by atoms with Crippen LogP contribution < -0.4 is 14.8 Å². The molecule has 2 aromatic carbocycles. The lowest BCUT2D eigenvalue weighted by molar-refractivity contribution is -0.133. The smallest absolute Gasteiger partial charge is 0.315 e. The molecule has 1 N–H and O–H groups in total. The lowest BCUT2D eigenvalue weighted by Crippen LogP contribution is -2.11. The Labute approximate surface area is 178 Å². The number of nitrogens with one attached hydrogen (secondary N) is 1. The maximum Gasteiger partial charge on any atom is 0.315 e. The van der Waals surface area contributed by atoms with Gasteiger partial charge < -0.3 is 14.8 Å². The van der Waals surface area contributed by atoms with Gasteiger partial charge in [-0.25, -0.2) is 4.98 Å². The van der Waals surface area contributed by atoms with Crippen LogP contribution in [0.2, 0.25) is 0 Å². The molecular formula is C23H19N3O3S. The van der Waals surface area contributed by atoms with Crippen molar-refractivity contribution in [3.63, 3.8) is 0 Å². The number of carbonyl (C=O) groups excluding carboxylic acids is 1. The molecule has 0 unspecified atom stereocenters. The first-order valence-corrected chi connectivity index (χ1v) is 10.2. The fourth-order valence-electron chi connectivity index (χ4n) is 2.80. The van der Waals surface area contributed by atoms with Crippen molar-refractivity contribution in [3.05, 3.63) is 83.9 Å². The van der Waals surface area contributed by atoms with Gasteiger partial charge in [-0.3, -0.25) is 9.78 Å². The lowest BCUT2D eigenvalue weighted by atomic mass is 10.1. The molecule has 0 fully saturated rings. The predicted molar refractivity (Wildman–Crippen MR) is 117 cm³/mol. The molecule has 0 spiro atoms. The topological polar surface area (TPSA) is 73.3 Å². The lowest BCUT2D eigenvalue weighted by Gasteiger charge is -2.08. The first-order chi connectivity index (χ1) is 14.7. The summed E-state index contributed by atoms with van der Waals surface area (Å²) < 4.78 is 10.6. The molecule has 0 saturated carbocycles. The van der Waals surface area contributed by atoms with Crippen molar-refractivity contribution in [1.82, 2.24) is 9.97 Å². The molecule has 150 valence electrons. The van der Waals surface area contributed by atoms with E-state index in [-0.39, 0.29) is 12.4 Å². The SMILES string of the molecule is COc1ccc(CC(=O)Oc2cccc(Nc3nc(-c4ccccn4)cs3)c2)cc1. The molecule has 0 atom stereocenters. The summed E-state index contributed by atoms with van der Waals surface area (Å²) in [5.41, 5.74) is 3.28. The Morgan fingerprint density at radius 2 is 1.87 bits per heavy atom. The van der Waals surface area contributed by atoms with Crippen molar-refractivity contribution in [2.45, 2.75) is 6.42 Å². The first-order valence-electron chi connectivity index (χ1n) is 9.27. The number of rotatable bonds is 7. The van der Waals surface area contributed by atoms with Crippen LogP contribution in [0.25, 0.3) is 11.4 Å². The summed E-state index contributed by atoms with van der Waals surface area (Å²) in [5.74, 6) is 0.892. The average Bonchev–Trinajstić information content (AvgIpc) is 3.23. The number of nitrogens with zero attached hydrogens (tertiary/aromatic N) is 2. The number of esters is 1. The summed E-state index contributed by atoms with van der Waals surface area (Å²) in [6, 6.07) is 20.3. The maximum absolute atomic E-state index is 12.3. The van der Waals surface area contributed by atoms with E-state index in [1.807, 2.05) is 60.0 Å². The molecule has 4 rings (SSSR count). The van der Waals surface area contributed by atoms with Crippen molar-refractivity contribution in [1.29, 1.82) is 0 Å². The molecular weight excluding hydrogens is 398 g/mol. The van der Waals surface area contributed by atoms with E-state index in [2.05, 4.69) is 15.3 Å². The third-order valence-corrected chi connectivity index (χ3v) is 5.01. The molecule has 2 heterocycles. The molecule has 30 heavy (non-hydrogen) atoms. The number of anilines is 2. The fraction of sp³-hybridized carbons (Fsp3) is 0.0870. The number of carbonyl (C=O) groups is 1. The highest BCUT2D eigenvalue weighted by molar-refractivity contribution is 7.14. The van der Waals surface area contributed by atoms with Gasteiger partial charge in [0, 0.05) is 23.3 Å². The molecule has 4 aromatic rings. The van der Waals surface area contributed by atoms with Crippen molar-refractivity contribution >= 4 is 28.1 Å². The Balaban J connectivity index is 1.39. The number of methoxy groups -OCH3 is 1. The minimum atomic E-state index is -0.330. The first kappa shape index (κ1) is 19.6. The van der Waals surface area contributed by atoms with Crippen LogP contribution in [0, 0.1) is 0 Å². The van der Waals surface area contributed by atoms with Crippen molar-refractivity contribution in [2.75, 3.05) is 12.4 Å². The van der Waals surface area contributed by atoms with Gasteiger partial charge in [-0.15, -0.1) is 11.3 Å². The third-order valence-electron chi connectivity index (χ3n) is 4.26. The molecule has 0 radical (unpaired) electrons. The number of hydrogen-bond acceptors (Lipinski definition) is 7. The number of ether oxygens (including phenoxy) is 2. The largest absolute Gasteiger partial charge is 0.497 e. The molecule has 0 aliphatic rings. The van der Waals surface area contributed by atoms with E-state index in [4.69, 9.17) is 9.47 Å². The van der Waals surface area contributed by atoms with Gasteiger partial charge in [0.15, 0.2) is 5.13 Å². The quantitative estimate of drug-likeness (QED) is 0.333. The average molecular weight is 417 g/mol. The zero-order valence-corrected chi connectivity index (χ0v) is 17.1. The monoisotopic (exact) mass is 417 g/mol. The van der Waals surface area contributed by atoms with Crippen molar-refractivity contribution in [3.8, 4) is 22.9 Å². The Morgan fingerprint density at radius 1 is 1.00 bits per heavy atom. The van der Waals surface area contributed by atoms with Crippen LogP contribution in [-0.4, -0.2) is 23.0 Å². The molecule has 0 aliphatic heterocycles. The van der Waals surface area contributed by atoms with E-state index in [0.717, 1.165) is 33.5 Å². The molecule has 0 aliphatic carbocycles. The predicted octanol–water partition coefficient (Wildman–Crippen LogP) is 5.11. The number of thiazole rings is 1. The van der Waals surface area contributed by atoms with Crippen LogP contribution in [0.1, 0.15) is 5.56 Å². The van der Waals surface area contributed by atoms with E-state index >= 15 is 0 Å². The van der Waals surface area contributed by atoms with E-state index < -0.39 is 0 Å². The van der Waals surface area contributed by atoms with E-state index in [0.29, 0.717) is 5.75 Å². The van der Waals surface area contributed by atoms with Crippen molar-refractivity contribution in [2.24, 2.45) is 0 Å². The van der Waals surface area contributed by atoms with E-state index in [9.17, 15) is 4.79 Å². The second-order valence-corrected chi connectivity index (χ2v) is 7.26. The van der Waals surface area contributed by atoms with Gasteiger partial charge in [0.25, 0.3) is 0 Å². The highest BCUT2D eigenvalue weighted by Crippen LogP contribution is 2.27. The van der Waals surface area contributed by atoms with Crippen molar-refractivity contribution < 1.29 is 14.3 Å². The summed E-state index contributed by atoms with van der Waals surface area (Å²) in [7, 11) is 1.61. The minimum Gasteiger partial charge on any atom is -0.497 e. The summed E-state index contributed by atoms with van der Waals surface area (Å²) in [6.07, 6.45) is 1.92. The Kier molecular flexibility index (Phi) is 6.01. The standard InChI is InChI=1S/C23H19N3O3S/c1-28-18-10-8-16(9-11-18)13-22(27)29-19-6-4-5-17(14-19)25-23-26-21(15-30-23)20-7-2-3-12-24-20/h2-12,14-15H,13H2,1H3,(H,25,26). The van der Waals surface area contributed by atoms with Crippen LogP contribution in [-0.2, 0) is 11.2 Å². The Morgan fingerprint density at radius 3 is 2.63 bits per heavy atom. The Hall–Kier alpha value is -3.71. The summed E-state index contributed by atoms with van der Waals surface area (Å²) >= 11 is 1.48. The number of hydrogen-bond donors (Lipinski definition) is 1. The molecule has 0 bridgehead atoms. The van der Waals surface area contributed by atoms with Gasteiger partial charge >= 0.3 is 5.97 Å². The van der Waals surface area contributed by atoms with Gasteiger partial charge in [0.1, 0.15) is 17.2 Å². The molecule has 2 aromatic heterocycles. The number of pyridine rings is 1. The van der Waals surface area contributed by atoms with Crippen LogP contribution in [0.4, 0.5) is 10.8 Å². The van der Waals surface area contributed by atoms with Gasteiger partial charge in [0.2, 0.25) is 0 Å². The van der Waals surface area contributed by atoms with Gasteiger partial charge in [0.05, 0.1) is 19.2 Å². The summed E-state index contributed by atoms with van der Waals surface area (Å²) in [6.45, 7) is 0. The molecule has 0 amide bonds. The van der Waals surface area contributed by atoms with Gasteiger partial charge in [-0.05, 0) is 42.0 Å². The Bertz CT molecular complexity index is 1130. The second-order valence-electron chi connectivity index (χ2n) is 6.40. The van der Waals surface area contributed by atoms with E-state index in [1.54, 1.807) is 25.4 Å². The summed E-state index contributed by atoms with van der Waals surface area (Å²) in [4.78, 5) is 21.2. The van der Waals surface area contributed by atoms with Crippen LogP contribution in [0.5, 0.6) is 11.5 Å². The normalized spacial score (nSPS) is 10.4. The van der Waals surface area contributed by atoms with Crippen LogP contribution in [0.3, 0.4) is 0 Å². The molecule has 6 nitrogen and oxygen atoms in total. The zero-order valence-electron chi connectivity index (χ0n) is 16.2. The van der Waals surface area contributed by atoms with Crippen LogP contribution in [0.15, 0.2) is 78.3 Å². The minimum absolute atomic E-state index is 0.182. The third kappa shape index (κ3) is 5.01. The number of benzene rings is 2.